The highest BCUT2D eigenvalue weighted by Crippen LogP contribution is 2.18. The highest BCUT2D eigenvalue weighted by molar-refractivity contribution is 5.58. The van der Waals surface area contributed by atoms with Gasteiger partial charge in [-0.3, -0.25) is 4.98 Å². The van der Waals surface area contributed by atoms with Gasteiger partial charge in [-0.1, -0.05) is 6.07 Å². The fraction of sp³-hybridized carbons (Fsp3) is 0.111. The van der Waals surface area contributed by atoms with Crippen LogP contribution in [-0.2, 0) is 6.42 Å². The topological polar surface area (TPSA) is 106 Å². The summed E-state index contributed by atoms with van der Waals surface area (Å²) in [5, 5.41) is 29.3. The maximum absolute atomic E-state index is 9.00. The maximum atomic E-state index is 9.00. The van der Waals surface area contributed by atoms with Gasteiger partial charge >= 0.3 is 0 Å². The molecule has 6 nitrogen and oxygen atoms in total. The van der Waals surface area contributed by atoms with Gasteiger partial charge in [0, 0.05) is 24.0 Å². The van der Waals surface area contributed by atoms with E-state index in [1.54, 1.807) is 48.7 Å². The predicted octanol–water partition coefficient (Wildman–Crippen LogP) is 2.94. The average Bonchev–Trinajstić information content (AvgIpc) is 2.64. The molecule has 1 heterocycles. The summed E-state index contributed by atoms with van der Waals surface area (Å²) in [5.41, 5.74) is 1.21. The highest BCUT2D eigenvalue weighted by Gasteiger charge is 2.06. The molecule has 0 atom stereocenters. The molecule has 2 aromatic rings. The zero-order valence-electron chi connectivity index (χ0n) is 12.7. The minimum atomic E-state index is -0.256. The number of rotatable bonds is 6. The van der Waals surface area contributed by atoms with E-state index in [1.165, 1.54) is 0 Å². The van der Waals surface area contributed by atoms with Gasteiger partial charge in [-0.25, -0.2) is 0 Å². The monoisotopic (exact) mass is 315 g/mol. The van der Waals surface area contributed by atoms with Crippen LogP contribution in [0.4, 0.5) is 5.69 Å². The third kappa shape index (κ3) is 4.59. The normalized spacial score (nSPS) is 9.04. The number of pyridine rings is 1. The molecule has 1 N–H and O–H groups in total. The number of aromatic nitrogens is 1. The van der Waals surface area contributed by atoms with Crippen molar-refractivity contribution < 1.29 is 4.74 Å². The molecular formula is C18H13N5O. The molecule has 0 aliphatic heterocycles. The molecule has 1 aromatic carbocycles. The number of nitriles is 3. The van der Waals surface area contributed by atoms with E-state index in [9.17, 15) is 0 Å². The molecule has 0 aliphatic carbocycles. The summed E-state index contributed by atoms with van der Waals surface area (Å²) in [7, 11) is 0. The largest absolute Gasteiger partial charge is 0.493 e. The number of allylic oxidation sites excluding steroid dienone is 2. The van der Waals surface area contributed by atoms with Crippen LogP contribution in [0.5, 0.6) is 5.75 Å². The minimum absolute atomic E-state index is 0.0798. The zero-order valence-corrected chi connectivity index (χ0v) is 12.7. The summed E-state index contributed by atoms with van der Waals surface area (Å²) in [5.74, 6) is 0.680. The third-order valence-corrected chi connectivity index (χ3v) is 3.06. The van der Waals surface area contributed by atoms with Crippen molar-refractivity contribution in [1.29, 1.82) is 15.8 Å². The van der Waals surface area contributed by atoms with Crippen molar-refractivity contribution in [2.24, 2.45) is 0 Å². The molecule has 0 radical (unpaired) electrons. The number of nitrogens with one attached hydrogen (secondary N) is 1. The van der Waals surface area contributed by atoms with E-state index in [0.717, 1.165) is 5.69 Å². The first-order valence-electron chi connectivity index (χ1n) is 7.11. The SMILES string of the molecule is N#CC(C#N)=C(C#N)Nc1ccc(OCCc2ccccn2)cc1. The Balaban J connectivity index is 1.94. The lowest BCUT2D eigenvalue weighted by molar-refractivity contribution is 0.320. The fourth-order valence-electron chi connectivity index (χ4n) is 1.88. The van der Waals surface area contributed by atoms with Gasteiger partial charge < -0.3 is 10.1 Å². The molecular weight excluding hydrogens is 302 g/mol. The van der Waals surface area contributed by atoms with Crippen molar-refractivity contribution in [3.63, 3.8) is 0 Å². The van der Waals surface area contributed by atoms with Crippen molar-refractivity contribution in [2.75, 3.05) is 11.9 Å². The van der Waals surface area contributed by atoms with Crippen molar-refractivity contribution in [2.45, 2.75) is 6.42 Å². The second-order valence-electron chi connectivity index (χ2n) is 4.65. The summed E-state index contributed by atoms with van der Waals surface area (Å²) >= 11 is 0. The Labute approximate surface area is 139 Å². The Morgan fingerprint density at radius 1 is 1.00 bits per heavy atom. The molecule has 0 bridgehead atoms. The van der Waals surface area contributed by atoms with E-state index in [1.807, 2.05) is 18.2 Å². The summed E-state index contributed by atoms with van der Waals surface area (Å²) in [6.45, 7) is 0.500. The minimum Gasteiger partial charge on any atom is -0.493 e. The Morgan fingerprint density at radius 2 is 1.75 bits per heavy atom. The summed E-state index contributed by atoms with van der Waals surface area (Å²) in [4.78, 5) is 4.22. The first-order valence-corrected chi connectivity index (χ1v) is 7.11. The Kier molecular flexibility index (Phi) is 5.92. The molecule has 0 fully saturated rings. The lowest BCUT2D eigenvalue weighted by Gasteiger charge is -2.08. The number of nitrogens with zero attached hydrogens (tertiary/aromatic N) is 4. The van der Waals surface area contributed by atoms with Crippen molar-refractivity contribution >= 4 is 5.69 Å². The lowest BCUT2D eigenvalue weighted by atomic mass is 10.2. The molecule has 6 heteroatoms. The second-order valence-corrected chi connectivity index (χ2v) is 4.65. The molecule has 0 saturated carbocycles. The average molecular weight is 315 g/mol. The standard InChI is InChI=1S/C18H13N5O/c19-11-14(12-20)18(13-21)23-16-4-6-17(7-5-16)24-10-8-15-3-1-2-9-22-15/h1-7,9,23H,8,10H2. The number of hydrogen-bond acceptors (Lipinski definition) is 6. The van der Waals surface area contributed by atoms with Gasteiger partial charge in [-0.15, -0.1) is 0 Å². The van der Waals surface area contributed by atoms with Crippen LogP contribution < -0.4 is 10.1 Å². The Bertz CT molecular complexity index is 820. The number of hydrogen-bond donors (Lipinski definition) is 1. The molecule has 2 rings (SSSR count). The summed E-state index contributed by atoms with van der Waals surface area (Å²) in [6.07, 6.45) is 2.45. The first kappa shape index (κ1) is 16.5. The van der Waals surface area contributed by atoms with Crippen LogP contribution in [-0.4, -0.2) is 11.6 Å². The van der Waals surface area contributed by atoms with Crippen LogP contribution in [0.3, 0.4) is 0 Å². The second kappa shape index (κ2) is 8.58. The number of benzene rings is 1. The molecule has 116 valence electrons. The van der Waals surface area contributed by atoms with E-state index >= 15 is 0 Å². The van der Waals surface area contributed by atoms with Gasteiger partial charge in [0.25, 0.3) is 0 Å². The van der Waals surface area contributed by atoms with Crippen LogP contribution in [0, 0.1) is 34.0 Å². The van der Waals surface area contributed by atoms with Crippen LogP contribution >= 0.6 is 0 Å². The van der Waals surface area contributed by atoms with Gasteiger partial charge in [-0.2, -0.15) is 15.8 Å². The van der Waals surface area contributed by atoms with Crippen LogP contribution in [0.1, 0.15) is 5.69 Å². The van der Waals surface area contributed by atoms with Gasteiger partial charge in [0.05, 0.1) is 6.61 Å². The van der Waals surface area contributed by atoms with Crippen LogP contribution in [0.25, 0.3) is 0 Å². The van der Waals surface area contributed by atoms with Crippen molar-refractivity contribution in [3.8, 4) is 24.0 Å². The van der Waals surface area contributed by atoms with E-state index in [0.29, 0.717) is 24.5 Å². The van der Waals surface area contributed by atoms with Crippen molar-refractivity contribution in [1.82, 2.24) is 4.98 Å². The Morgan fingerprint density at radius 3 is 2.33 bits per heavy atom. The quantitative estimate of drug-likeness (QED) is 0.821. The summed E-state index contributed by atoms with van der Waals surface area (Å²) in [6, 6.07) is 17.8. The van der Waals surface area contributed by atoms with Crippen LogP contribution in [0.15, 0.2) is 59.9 Å². The van der Waals surface area contributed by atoms with Crippen molar-refractivity contribution in [3.05, 3.63) is 65.6 Å². The molecule has 0 aliphatic rings. The van der Waals surface area contributed by atoms with Gasteiger partial charge in [0.1, 0.15) is 29.7 Å². The van der Waals surface area contributed by atoms with Gasteiger partial charge in [0.15, 0.2) is 5.57 Å². The van der Waals surface area contributed by atoms with E-state index in [2.05, 4.69) is 10.3 Å². The maximum Gasteiger partial charge on any atom is 0.163 e. The zero-order chi connectivity index (χ0) is 17.2. The molecule has 1 aromatic heterocycles. The lowest BCUT2D eigenvalue weighted by Crippen LogP contribution is -2.03. The molecule has 0 unspecified atom stereocenters. The smallest absolute Gasteiger partial charge is 0.163 e. The van der Waals surface area contributed by atoms with Gasteiger partial charge in [-0.05, 0) is 36.4 Å². The first-order chi connectivity index (χ1) is 11.8. The third-order valence-electron chi connectivity index (χ3n) is 3.06. The van der Waals surface area contributed by atoms with E-state index in [4.69, 9.17) is 20.5 Å². The predicted molar refractivity (Wildman–Crippen MR) is 87.4 cm³/mol. The number of anilines is 1. The fourth-order valence-corrected chi connectivity index (χ4v) is 1.88. The van der Waals surface area contributed by atoms with Crippen LogP contribution in [0.2, 0.25) is 0 Å². The molecule has 24 heavy (non-hydrogen) atoms. The number of ether oxygens (including phenoxy) is 1. The van der Waals surface area contributed by atoms with Gasteiger partial charge in [0.2, 0.25) is 0 Å². The molecule has 0 saturated heterocycles. The molecule has 0 amide bonds. The summed E-state index contributed by atoms with van der Waals surface area (Å²) < 4.78 is 5.64. The highest BCUT2D eigenvalue weighted by atomic mass is 16.5. The Hall–Kier alpha value is -3.82. The van der Waals surface area contributed by atoms with E-state index in [-0.39, 0.29) is 11.3 Å². The molecule has 0 spiro atoms. The van der Waals surface area contributed by atoms with E-state index < -0.39 is 0 Å².